The number of hydrogen-bond acceptors (Lipinski definition) is 4. The van der Waals surface area contributed by atoms with E-state index in [4.69, 9.17) is 15.2 Å². The molecule has 0 fully saturated rings. The summed E-state index contributed by atoms with van der Waals surface area (Å²) in [5.41, 5.74) is 8.62. The van der Waals surface area contributed by atoms with Crippen LogP contribution < -0.4 is 20.5 Å². The van der Waals surface area contributed by atoms with Gasteiger partial charge in [0.2, 0.25) is 6.79 Å². The van der Waals surface area contributed by atoms with Crippen LogP contribution in [0, 0.1) is 0 Å². The Morgan fingerprint density at radius 1 is 1.00 bits per heavy atom. The van der Waals surface area contributed by atoms with E-state index in [1.807, 2.05) is 42.5 Å². The minimum absolute atomic E-state index is 0.302. The van der Waals surface area contributed by atoms with Gasteiger partial charge in [-0.1, -0.05) is 12.1 Å². The van der Waals surface area contributed by atoms with Crippen LogP contribution in [-0.2, 0) is 6.54 Å². The Labute approximate surface area is 105 Å². The number of rotatable bonds is 3. The van der Waals surface area contributed by atoms with Gasteiger partial charge in [-0.25, -0.2) is 0 Å². The second kappa shape index (κ2) is 4.49. The van der Waals surface area contributed by atoms with E-state index < -0.39 is 0 Å². The zero-order valence-electron chi connectivity index (χ0n) is 9.85. The molecule has 0 bridgehead atoms. The first-order valence-corrected chi connectivity index (χ1v) is 5.79. The maximum atomic E-state index is 5.64. The lowest BCUT2D eigenvalue weighted by molar-refractivity contribution is 0.174. The fourth-order valence-corrected chi connectivity index (χ4v) is 1.85. The van der Waals surface area contributed by atoms with E-state index in [9.17, 15) is 0 Å². The van der Waals surface area contributed by atoms with Crippen molar-refractivity contribution in [3.05, 3.63) is 48.0 Å². The molecule has 0 atom stereocenters. The van der Waals surface area contributed by atoms with Crippen LogP contribution in [0.25, 0.3) is 0 Å². The van der Waals surface area contributed by atoms with Crippen LogP contribution in [0.2, 0.25) is 0 Å². The predicted molar refractivity (Wildman–Crippen MR) is 70.7 cm³/mol. The van der Waals surface area contributed by atoms with Crippen LogP contribution in [0.1, 0.15) is 5.56 Å². The molecule has 0 radical (unpaired) electrons. The average Bonchev–Trinajstić information content (AvgIpc) is 2.85. The van der Waals surface area contributed by atoms with Gasteiger partial charge in [0, 0.05) is 24.0 Å². The first-order chi connectivity index (χ1) is 8.81. The van der Waals surface area contributed by atoms with Crippen LogP contribution in [0.3, 0.4) is 0 Å². The minimum atomic E-state index is 0.302. The number of nitrogens with one attached hydrogen (secondary N) is 1. The summed E-state index contributed by atoms with van der Waals surface area (Å²) in [5.74, 6) is 1.59. The highest BCUT2D eigenvalue weighted by Crippen LogP contribution is 2.34. The first kappa shape index (κ1) is 10.8. The number of fused-ring (bicyclic) bond motifs is 1. The highest BCUT2D eigenvalue weighted by atomic mass is 16.7. The molecule has 1 aliphatic heterocycles. The maximum absolute atomic E-state index is 5.64. The number of anilines is 2. The van der Waals surface area contributed by atoms with Crippen LogP contribution in [-0.4, -0.2) is 6.79 Å². The number of benzene rings is 2. The van der Waals surface area contributed by atoms with Gasteiger partial charge >= 0.3 is 0 Å². The molecule has 2 aromatic rings. The standard InChI is InChI=1S/C14H14N2O2/c15-11-3-1-10(2-4-11)8-16-12-5-6-13-14(7-12)18-9-17-13/h1-7,16H,8-9,15H2. The van der Waals surface area contributed by atoms with Gasteiger partial charge in [-0.2, -0.15) is 0 Å². The molecule has 1 heterocycles. The van der Waals surface area contributed by atoms with Crippen molar-refractivity contribution in [3.63, 3.8) is 0 Å². The lowest BCUT2D eigenvalue weighted by Gasteiger charge is -2.07. The summed E-state index contributed by atoms with van der Waals surface area (Å²) in [5, 5.41) is 3.33. The van der Waals surface area contributed by atoms with Crippen molar-refractivity contribution in [2.75, 3.05) is 17.8 Å². The summed E-state index contributed by atoms with van der Waals surface area (Å²) in [6.07, 6.45) is 0. The van der Waals surface area contributed by atoms with Gasteiger partial charge in [-0.3, -0.25) is 0 Å². The highest BCUT2D eigenvalue weighted by Gasteiger charge is 2.12. The SMILES string of the molecule is Nc1ccc(CNc2ccc3c(c2)OCO3)cc1. The molecule has 92 valence electrons. The van der Waals surface area contributed by atoms with Crippen LogP contribution in [0.15, 0.2) is 42.5 Å². The zero-order chi connectivity index (χ0) is 12.4. The fourth-order valence-electron chi connectivity index (χ4n) is 1.85. The normalized spacial score (nSPS) is 12.4. The quantitative estimate of drug-likeness (QED) is 0.812. The van der Waals surface area contributed by atoms with Crippen molar-refractivity contribution >= 4 is 11.4 Å². The molecule has 0 unspecified atom stereocenters. The van der Waals surface area contributed by atoms with E-state index >= 15 is 0 Å². The van der Waals surface area contributed by atoms with Crippen molar-refractivity contribution in [1.29, 1.82) is 0 Å². The Morgan fingerprint density at radius 2 is 1.78 bits per heavy atom. The number of ether oxygens (including phenoxy) is 2. The van der Waals surface area contributed by atoms with Crippen molar-refractivity contribution < 1.29 is 9.47 Å². The van der Waals surface area contributed by atoms with Gasteiger partial charge in [0.25, 0.3) is 0 Å². The van der Waals surface area contributed by atoms with Crippen molar-refractivity contribution in [3.8, 4) is 11.5 Å². The number of nitrogens with two attached hydrogens (primary N) is 1. The van der Waals surface area contributed by atoms with Gasteiger partial charge < -0.3 is 20.5 Å². The lowest BCUT2D eigenvalue weighted by atomic mass is 10.2. The molecule has 0 spiro atoms. The monoisotopic (exact) mass is 242 g/mol. The molecule has 18 heavy (non-hydrogen) atoms. The van der Waals surface area contributed by atoms with Gasteiger partial charge in [0.15, 0.2) is 11.5 Å². The van der Waals surface area contributed by atoms with E-state index in [-0.39, 0.29) is 0 Å². The molecule has 0 aliphatic carbocycles. The summed E-state index contributed by atoms with van der Waals surface area (Å²) in [4.78, 5) is 0. The van der Waals surface area contributed by atoms with Crippen LogP contribution >= 0.6 is 0 Å². The fraction of sp³-hybridized carbons (Fsp3) is 0.143. The molecule has 4 nitrogen and oxygen atoms in total. The molecule has 2 aromatic carbocycles. The summed E-state index contributed by atoms with van der Waals surface area (Å²) in [6, 6.07) is 13.6. The van der Waals surface area contributed by atoms with Crippen molar-refractivity contribution in [2.45, 2.75) is 6.54 Å². The molecule has 0 aromatic heterocycles. The van der Waals surface area contributed by atoms with Gasteiger partial charge in [-0.05, 0) is 29.8 Å². The Hall–Kier alpha value is -2.36. The Balaban J connectivity index is 1.68. The van der Waals surface area contributed by atoms with Gasteiger partial charge in [0.05, 0.1) is 0 Å². The topological polar surface area (TPSA) is 56.5 Å². The minimum Gasteiger partial charge on any atom is -0.454 e. The van der Waals surface area contributed by atoms with E-state index in [2.05, 4.69) is 5.32 Å². The zero-order valence-corrected chi connectivity index (χ0v) is 9.85. The summed E-state index contributed by atoms with van der Waals surface area (Å²) >= 11 is 0. The van der Waals surface area contributed by atoms with Crippen LogP contribution in [0.5, 0.6) is 11.5 Å². The third kappa shape index (κ3) is 2.18. The Bertz CT molecular complexity index is 552. The Morgan fingerprint density at radius 3 is 2.61 bits per heavy atom. The molecule has 3 N–H and O–H groups in total. The van der Waals surface area contributed by atoms with Crippen LogP contribution in [0.4, 0.5) is 11.4 Å². The molecular formula is C14H14N2O2. The average molecular weight is 242 g/mol. The largest absolute Gasteiger partial charge is 0.454 e. The first-order valence-electron chi connectivity index (χ1n) is 5.79. The number of nitrogen functional groups attached to an aromatic ring is 1. The third-order valence-corrected chi connectivity index (χ3v) is 2.85. The molecule has 0 amide bonds. The van der Waals surface area contributed by atoms with Gasteiger partial charge in [0.1, 0.15) is 0 Å². The second-order valence-corrected chi connectivity index (χ2v) is 4.16. The van der Waals surface area contributed by atoms with Crippen molar-refractivity contribution in [1.82, 2.24) is 0 Å². The van der Waals surface area contributed by atoms with E-state index in [1.165, 1.54) is 5.56 Å². The molecule has 0 saturated carbocycles. The van der Waals surface area contributed by atoms with Crippen molar-refractivity contribution in [2.24, 2.45) is 0 Å². The summed E-state index contributed by atoms with van der Waals surface area (Å²) in [7, 11) is 0. The van der Waals surface area contributed by atoms with Gasteiger partial charge in [-0.15, -0.1) is 0 Å². The molecule has 1 aliphatic rings. The second-order valence-electron chi connectivity index (χ2n) is 4.16. The molecule has 3 rings (SSSR count). The smallest absolute Gasteiger partial charge is 0.231 e. The summed E-state index contributed by atoms with van der Waals surface area (Å²) < 4.78 is 10.6. The predicted octanol–water partition coefficient (Wildman–Crippen LogP) is 2.61. The molecular weight excluding hydrogens is 228 g/mol. The highest BCUT2D eigenvalue weighted by molar-refractivity contribution is 5.55. The lowest BCUT2D eigenvalue weighted by Crippen LogP contribution is -1.99. The van der Waals surface area contributed by atoms with E-state index in [1.54, 1.807) is 0 Å². The Kier molecular flexibility index (Phi) is 2.68. The molecule has 4 heteroatoms. The third-order valence-electron chi connectivity index (χ3n) is 2.85. The van der Waals surface area contributed by atoms with E-state index in [0.717, 1.165) is 29.4 Å². The molecule has 0 saturated heterocycles. The van der Waals surface area contributed by atoms with E-state index in [0.29, 0.717) is 6.79 Å². The number of hydrogen-bond donors (Lipinski definition) is 2. The maximum Gasteiger partial charge on any atom is 0.231 e. The summed E-state index contributed by atoms with van der Waals surface area (Å²) in [6.45, 7) is 1.05.